The molecule has 7 heteroatoms. The predicted octanol–water partition coefficient (Wildman–Crippen LogP) is 3.03. The van der Waals surface area contributed by atoms with E-state index < -0.39 is 0 Å². The summed E-state index contributed by atoms with van der Waals surface area (Å²) in [6.07, 6.45) is 0. The Morgan fingerprint density at radius 2 is 1.61 bits per heavy atom. The van der Waals surface area contributed by atoms with Gasteiger partial charge in [0.2, 0.25) is 11.8 Å². The molecule has 2 aromatic carbocycles. The van der Waals surface area contributed by atoms with Crippen LogP contribution < -0.4 is 10.6 Å². The lowest BCUT2D eigenvalue weighted by Gasteiger charge is -2.10. The molecule has 0 atom stereocenters. The van der Waals surface area contributed by atoms with Crippen molar-refractivity contribution in [2.45, 2.75) is 24.9 Å². The van der Waals surface area contributed by atoms with Gasteiger partial charge in [-0.3, -0.25) is 9.59 Å². The Labute approximate surface area is 168 Å². The van der Waals surface area contributed by atoms with E-state index in [1.54, 1.807) is 0 Å². The third-order valence-electron chi connectivity index (χ3n) is 3.94. The Balaban J connectivity index is 1.71. The zero-order chi connectivity index (χ0) is 19.9. The molecule has 3 aromatic rings. The number of rotatable bonds is 7. The number of aromatic nitrogens is 2. The normalized spacial score (nSPS) is 10.8. The van der Waals surface area contributed by atoms with Gasteiger partial charge >= 0.3 is 0 Å². The number of hydrogen-bond acceptors (Lipinski definition) is 5. The van der Waals surface area contributed by atoms with Gasteiger partial charge in [0.25, 0.3) is 0 Å². The summed E-state index contributed by atoms with van der Waals surface area (Å²) in [4.78, 5) is 23.7. The monoisotopic (exact) mass is 394 g/mol. The van der Waals surface area contributed by atoms with Gasteiger partial charge in [-0.1, -0.05) is 66.4 Å². The minimum absolute atomic E-state index is 0.0308. The number of amides is 2. The fraction of sp³-hybridized carbons (Fsp3) is 0.238. The van der Waals surface area contributed by atoms with Crippen molar-refractivity contribution in [3.05, 3.63) is 54.6 Å². The van der Waals surface area contributed by atoms with Crippen molar-refractivity contribution in [3.8, 4) is 11.3 Å². The van der Waals surface area contributed by atoms with E-state index in [0.29, 0.717) is 5.03 Å². The molecular formula is C21H22N4O2S. The number of fused-ring (bicyclic) bond motifs is 1. The summed E-state index contributed by atoms with van der Waals surface area (Å²) in [5.74, 6) is -0.258. The van der Waals surface area contributed by atoms with E-state index in [1.165, 1.54) is 11.8 Å². The first-order chi connectivity index (χ1) is 13.5. The van der Waals surface area contributed by atoms with Crippen LogP contribution in [-0.4, -0.2) is 40.4 Å². The van der Waals surface area contributed by atoms with E-state index in [9.17, 15) is 9.59 Å². The van der Waals surface area contributed by atoms with Crippen LogP contribution in [0.1, 0.15) is 13.8 Å². The van der Waals surface area contributed by atoms with Crippen LogP contribution in [0.4, 0.5) is 0 Å². The van der Waals surface area contributed by atoms with Gasteiger partial charge in [-0.15, -0.1) is 10.2 Å². The summed E-state index contributed by atoms with van der Waals surface area (Å²) in [5, 5.41) is 16.7. The fourth-order valence-corrected chi connectivity index (χ4v) is 3.53. The number of nitrogens with zero attached hydrogens (tertiary/aromatic N) is 2. The fourth-order valence-electron chi connectivity index (χ4n) is 2.73. The first kappa shape index (κ1) is 19.8. The molecule has 6 nitrogen and oxygen atoms in total. The van der Waals surface area contributed by atoms with E-state index in [4.69, 9.17) is 0 Å². The number of carbonyl (C=O) groups excluding carboxylic acids is 2. The topological polar surface area (TPSA) is 84.0 Å². The first-order valence-corrected chi connectivity index (χ1v) is 10.0. The Hall–Kier alpha value is -2.93. The van der Waals surface area contributed by atoms with Gasteiger partial charge in [0.05, 0.1) is 12.3 Å². The van der Waals surface area contributed by atoms with Crippen LogP contribution in [0, 0.1) is 0 Å². The summed E-state index contributed by atoms with van der Waals surface area (Å²) in [6, 6.07) is 17.8. The van der Waals surface area contributed by atoms with Gasteiger partial charge in [0.15, 0.2) is 0 Å². The maximum Gasteiger partial charge on any atom is 0.239 e. The Morgan fingerprint density at radius 1 is 0.929 bits per heavy atom. The Morgan fingerprint density at radius 3 is 2.32 bits per heavy atom. The first-order valence-electron chi connectivity index (χ1n) is 9.04. The summed E-state index contributed by atoms with van der Waals surface area (Å²) in [5.41, 5.74) is 1.81. The van der Waals surface area contributed by atoms with E-state index in [-0.39, 0.29) is 30.2 Å². The highest BCUT2D eigenvalue weighted by Gasteiger charge is 2.13. The van der Waals surface area contributed by atoms with Gasteiger partial charge in [-0.05, 0) is 13.8 Å². The van der Waals surface area contributed by atoms with Crippen LogP contribution in [0.5, 0.6) is 0 Å². The maximum absolute atomic E-state index is 12.1. The molecule has 3 rings (SSSR count). The molecule has 0 aliphatic carbocycles. The van der Waals surface area contributed by atoms with Crippen LogP contribution >= 0.6 is 11.8 Å². The number of carbonyl (C=O) groups is 2. The number of benzene rings is 2. The summed E-state index contributed by atoms with van der Waals surface area (Å²) in [6.45, 7) is 3.72. The van der Waals surface area contributed by atoms with Crippen LogP contribution in [0.25, 0.3) is 22.0 Å². The highest BCUT2D eigenvalue weighted by Crippen LogP contribution is 2.31. The van der Waals surface area contributed by atoms with E-state index in [0.717, 1.165) is 22.0 Å². The molecule has 1 aromatic heterocycles. The summed E-state index contributed by atoms with van der Waals surface area (Å²) in [7, 11) is 0. The summed E-state index contributed by atoms with van der Waals surface area (Å²) >= 11 is 1.31. The Bertz CT molecular complexity index is 977. The molecule has 0 aliphatic rings. The minimum atomic E-state index is -0.220. The van der Waals surface area contributed by atoms with Gasteiger partial charge < -0.3 is 10.6 Å². The van der Waals surface area contributed by atoms with Crippen molar-refractivity contribution in [2.24, 2.45) is 0 Å². The van der Waals surface area contributed by atoms with Crippen LogP contribution in [0.15, 0.2) is 59.6 Å². The summed E-state index contributed by atoms with van der Waals surface area (Å²) < 4.78 is 0. The highest BCUT2D eigenvalue weighted by atomic mass is 32.2. The second-order valence-corrected chi connectivity index (χ2v) is 7.52. The van der Waals surface area contributed by atoms with Gasteiger partial charge in [-0.2, -0.15) is 0 Å². The zero-order valence-electron chi connectivity index (χ0n) is 15.8. The molecular weight excluding hydrogens is 372 g/mol. The largest absolute Gasteiger partial charge is 0.352 e. The van der Waals surface area contributed by atoms with Gasteiger partial charge in [-0.25, -0.2) is 0 Å². The molecule has 28 heavy (non-hydrogen) atoms. The molecule has 2 N–H and O–H groups in total. The number of hydrogen-bond donors (Lipinski definition) is 2. The van der Waals surface area contributed by atoms with Crippen molar-refractivity contribution < 1.29 is 9.59 Å². The van der Waals surface area contributed by atoms with Crippen molar-refractivity contribution in [1.82, 2.24) is 20.8 Å². The van der Waals surface area contributed by atoms with Crippen molar-refractivity contribution >= 4 is 34.3 Å². The minimum Gasteiger partial charge on any atom is -0.352 e. The number of nitrogens with one attached hydrogen (secondary N) is 2. The maximum atomic E-state index is 12.1. The molecule has 0 radical (unpaired) electrons. The molecule has 0 unspecified atom stereocenters. The van der Waals surface area contributed by atoms with Crippen molar-refractivity contribution in [3.63, 3.8) is 0 Å². The smallest absolute Gasteiger partial charge is 0.239 e. The standard InChI is InChI=1S/C21H22N4O2S/c1-14(2)23-18(26)12-22-19(27)13-28-21-17-11-7-6-10-16(17)20(24-25-21)15-8-4-3-5-9-15/h3-11,14H,12-13H2,1-2H3,(H,22,27)(H,23,26). The third kappa shape index (κ3) is 5.07. The molecule has 0 fully saturated rings. The van der Waals surface area contributed by atoms with Gasteiger partial charge in [0.1, 0.15) is 10.7 Å². The van der Waals surface area contributed by atoms with E-state index in [1.807, 2.05) is 68.4 Å². The average Bonchev–Trinajstić information content (AvgIpc) is 2.70. The molecule has 0 spiro atoms. The Kier molecular flexibility index (Phi) is 6.60. The second kappa shape index (κ2) is 9.32. The van der Waals surface area contributed by atoms with Crippen molar-refractivity contribution in [1.29, 1.82) is 0 Å². The predicted molar refractivity (Wildman–Crippen MR) is 112 cm³/mol. The van der Waals surface area contributed by atoms with Crippen molar-refractivity contribution in [2.75, 3.05) is 12.3 Å². The lowest BCUT2D eigenvalue weighted by molar-refractivity contribution is -0.125. The van der Waals surface area contributed by atoms with Crippen LogP contribution in [-0.2, 0) is 9.59 Å². The molecule has 144 valence electrons. The molecule has 0 aliphatic heterocycles. The molecule has 1 heterocycles. The van der Waals surface area contributed by atoms with E-state index in [2.05, 4.69) is 20.8 Å². The SMILES string of the molecule is CC(C)NC(=O)CNC(=O)CSc1nnc(-c2ccccc2)c2ccccc12. The molecule has 2 amide bonds. The lowest BCUT2D eigenvalue weighted by Crippen LogP contribution is -2.40. The zero-order valence-corrected chi connectivity index (χ0v) is 16.6. The third-order valence-corrected chi connectivity index (χ3v) is 4.92. The van der Waals surface area contributed by atoms with Gasteiger partial charge in [0, 0.05) is 22.4 Å². The van der Waals surface area contributed by atoms with E-state index >= 15 is 0 Å². The second-order valence-electron chi connectivity index (χ2n) is 6.55. The van der Waals surface area contributed by atoms with Crippen LogP contribution in [0.2, 0.25) is 0 Å². The molecule has 0 bridgehead atoms. The average molecular weight is 395 g/mol. The highest BCUT2D eigenvalue weighted by molar-refractivity contribution is 8.00. The quantitative estimate of drug-likeness (QED) is 0.602. The number of thioether (sulfide) groups is 1. The molecule has 0 saturated heterocycles. The van der Waals surface area contributed by atoms with Crippen LogP contribution in [0.3, 0.4) is 0 Å². The molecule has 0 saturated carbocycles. The lowest BCUT2D eigenvalue weighted by atomic mass is 10.1.